The normalized spacial score (nSPS) is 15.0. The third-order valence-corrected chi connectivity index (χ3v) is 4.36. The van der Waals surface area contributed by atoms with Crippen molar-refractivity contribution in [3.05, 3.63) is 22.5 Å². The molecule has 2 aromatic rings. The van der Waals surface area contributed by atoms with Gasteiger partial charge in [-0.15, -0.1) is 0 Å². The average Bonchev–Trinajstić information content (AvgIpc) is 3.29. The van der Waals surface area contributed by atoms with Crippen molar-refractivity contribution in [2.45, 2.75) is 12.5 Å². The van der Waals surface area contributed by atoms with Gasteiger partial charge in [0.1, 0.15) is 6.33 Å². The first-order chi connectivity index (χ1) is 12.8. The zero-order chi connectivity index (χ0) is 19.6. The largest absolute Gasteiger partial charge is 0.480 e. The molecule has 27 heavy (non-hydrogen) atoms. The van der Waals surface area contributed by atoms with Crippen LogP contribution in [-0.4, -0.2) is 48.3 Å². The molecule has 0 unspecified atom stereocenters. The number of alkyl halides is 3. The number of anilines is 1. The van der Waals surface area contributed by atoms with E-state index in [9.17, 15) is 18.0 Å². The average molecular weight is 406 g/mol. The van der Waals surface area contributed by atoms with Crippen molar-refractivity contribution in [2.24, 2.45) is 0 Å². The van der Waals surface area contributed by atoms with E-state index in [1.54, 1.807) is 0 Å². The quantitative estimate of drug-likeness (QED) is 0.806. The van der Waals surface area contributed by atoms with E-state index in [4.69, 9.17) is 18.9 Å². The molecule has 0 bridgehead atoms. The van der Waals surface area contributed by atoms with Crippen molar-refractivity contribution < 1.29 is 36.9 Å². The Balaban J connectivity index is 1.93. The van der Waals surface area contributed by atoms with Crippen LogP contribution in [0.2, 0.25) is 0 Å². The molecule has 1 saturated heterocycles. The summed E-state index contributed by atoms with van der Waals surface area (Å²) in [4.78, 5) is 23.3. The second-order valence-electron chi connectivity index (χ2n) is 5.02. The molecule has 1 N–H and O–H groups in total. The predicted octanol–water partition coefficient (Wildman–Crippen LogP) is 2.27. The zero-order valence-corrected chi connectivity index (χ0v) is 14.8. The number of amides is 1. The number of rotatable bonds is 5. The standard InChI is InChI=1S/C14H13F3N4O5S/c1-23-10-6(11(24-2)19-5-18-10)9(22)21-13-20-8(14(15,16)17)7(27-13)12-25-3-4-26-12/h5,12H,3-4H2,1-2H3,(H,20,21,22). The first-order valence-electron chi connectivity index (χ1n) is 7.40. The Bertz CT molecular complexity index is 816. The van der Waals surface area contributed by atoms with E-state index in [1.807, 2.05) is 0 Å². The monoisotopic (exact) mass is 406 g/mol. The van der Waals surface area contributed by atoms with Gasteiger partial charge in [-0.05, 0) is 0 Å². The van der Waals surface area contributed by atoms with Gasteiger partial charge in [0.05, 0.1) is 32.3 Å². The number of nitrogens with one attached hydrogen (secondary N) is 1. The van der Waals surface area contributed by atoms with Gasteiger partial charge in [0, 0.05) is 0 Å². The maximum absolute atomic E-state index is 13.3. The van der Waals surface area contributed by atoms with Crippen LogP contribution in [0.3, 0.4) is 0 Å². The molecule has 1 fully saturated rings. The number of thiazole rings is 1. The van der Waals surface area contributed by atoms with Crippen molar-refractivity contribution in [3.63, 3.8) is 0 Å². The number of hydrogen-bond donors (Lipinski definition) is 1. The molecule has 0 spiro atoms. The second-order valence-corrected chi connectivity index (χ2v) is 6.06. The molecule has 0 atom stereocenters. The van der Waals surface area contributed by atoms with Gasteiger partial charge in [-0.3, -0.25) is 10.1 Å². The third kappa shape index (κ3) is 3.94. The van der Waals surface area contributed by atoms with Crippen LogP contribution >= 0.6 is 11.3 Å². The molecular weight excluding hydrogens is 393 g/mol. The number of nitrogens with zero attached hydrogens (tertiary/aromatic N) is 3. The van der Waals surface area contributed by atoms with E-state index in [1.165, 1.54) is 14.2 Å². The van der Waals surface area contributed by atoms with Gasteiger partial charge < -0.3 is 18.9 Å². The SMILES string of the molecule is COc1ncnc(OC)c1C(=O)Nc1nc(C(F)(F)F)c(C2OCCO2)s1. The lowest BCUT2D eigenvalue weighted by Gasteiger charge is -2.10. The van der Waals surface area contributed by atoms with Gasteiger partial charge in [0.25, 0.3) is 5.91 Å². The summed E-state index contributed by atoms with van der Waals surface area (Å²) in [5, 5.41) is 1.98. The third-order valence-electron chi connectivity index (χ3n) is 3.37. The predicted molar refractivity (Wildman–Crippen MR) is 84.9 cm³/mol. The van der Waals surface area contributed by atoms with Crippen molar-refractivity contribution in [1.82, 2.24) is 15.0 Å². The fourth-order valence-corrected chi connectivity index (χ4v) is 3.26. The number of carbonyl (C=O) groups is 1. The lowest BCUT2D eigenvalue weighted by atomic mass is 10.3. The molecule has 1 amide bonds. The first kappa shape index (κ1) is 19.3. The molecule has 0 aliphatic carbocycles. The lowest BCUT2D eigenvalue weighted by Crippen LogP contribution is -2.16. The summed E-state index contributed by atoms with van der Waals surface area (Å²) in [5.41, 5.74) is -1.36. The van der Waals surface area contributed by atoms with Crippen LogP contribution in [0.15, 0.2) is 6.33 Å². The minimum atomic E-state index is -4.74. The topological polar surface area (TPSA) is 105 Å². The number of hydrogen-bond acceptors (Lipinski definition) is 9. The highest BCUT2D eigenvalue weighted by Crippen LogP contribution is 2.42. The Hall–Kier alpha value is -2.51. The molecule has 3 rings (SSSR count). The van der Waals surface area contributed by atoms with Gasteiger partial charge in [0.2, 0.25) is 11.8 Å². The molecule has 13 heteroatoms. The lowest BCUT2D eigenvalue weighted by molar-refractivity contribution is -0.145. The Morgan fingerprint density at radius 2 is 1.81 bits per heavy atom. The van der Waals surface area contributed by atoms with Crippen LogP contribution in [0.1, 0.15) is 27.2 Å². The van der Waals surface area contributed by atoms with Gasteiger partial charge in [-0.2, -0.15) is 13.2 Å². The van der Waals surface area contributed by atoms with E-state index in [0.717, 1.165) is 6.33 Å². The van der Waals surface area contributed by atoms with E-state index in [2.05, 4.69) is 20.3 Å². The summed E-state index contributed by atoms with van der Waals surface area (Å²) in [6.45, 7) is 0.328. The minimum Gasteiger partial charge on any atom is -0.480 e. The highest BCUT2D eigenvalue weighted by atomic mass is 32.1. The highest BCUT2D eigenvalue weighted by molar-refractivity contribution is 7.16. The van der Waals surface area contributed by atoms with Crippen molar-refractivity contribution in [2.75, 3.05) is 32.8 Å². The Kier molecular flexibility index (Phi) is 5.43. The van der Waals surface area contributed by atoms with Crippen LogP contribution in [-0.2, 0) is 15.7 Å². The Labute approximate surface area is 154 Å². The Morgan fingerprint density at radius 3 is 2.33 bits per heavy atom. The molecule has 3 heterocycles. The summed E-state index contributed by atoms with van der Waals surface area (Å²) in [6.07, 6.45) is -4.81. The number of halogens is 3. The van der Waals surface area contributed by atoms with Crippen LogP contribution in [0.25, 0.3) is 0 Å². The number of aromatic nitrogens is 3. The summed E-state index contributed by atoms with van der Waals surface area (Å²) in [7, 11) is 2.55. The fourth-order valence-electron chi connectivity index (χ4n) is 2.28. The molecule has 0 saturated carbocycles. The summed E-state index contributed by atoms with van der Waals surface area (Å²) in [5.74, 6) is -1.05. The summed E-state index contributed by atoms with van der Waals surface area (Å²) in [6, 6.07) is 0. The van der Waals surface area contributed by atoms with Crippen LogP contribution < -0.4 is 14.8 Å². The highest BCUT2D eigenvalue weighted by Gasteiger charge is 2.41. The van der Waals surface area contributed by atoms with Gasteiger partial charge >= 0.3 is 6.18 Å². The maximum Gasteiger partial charge on any atom is 0.434 e. The number of carbonyl (C=O) groups excluding carboxylic acids is 1. The molecule has 1 aliphatic heterocycles. The molecule has 0 aromatic carbocycles. The Morgan fingerprint density at radius 1 is 1.22 bits per heavy atom. The number of ether oxygens (including phenoxy) is 4. The molecule has 9 nitrogen and oxygen atoms in total. The fraction of sp³-hybridized carbons (Fsp3) is 0.429. The van der Waals surface area contributed by atoms with Gasteiger partial charge in [-0.25, -0.2) is 15.0 Å². The maximum atomic E-state index is 13.3. The van der Waals surface area contributed by atoms with Crippen molar-refractivity contribution in [1.29, 1.82) is 0 Å². The molecule has 146 valence electrons. The van der Waals surface area contributed by atoms with Crippen molar-refractivity contribution >= 4 is 22.4 Å². The summed E-state index contributed by atoms with van der Waals surface area (Å²) < 4.78 is 60.0. The molecule has 1 aliphatic rings. The van der Waals surface area contributed by atoms with E-state index in [0.29, 0.717) is 11.3 Å². The zero-order valence-electron chi connectivity index (χ0n) is 14.0. The minimum absolute atomic E-state index is 0.102. The van der Waals surface area contributed by atoms with E-state index in [-0.39, 0.29) is 40.5 Å². The first-order valence-corrected chi connectivity index (χ1v) is 8.22. The number of methoxy groups -OCH3 is 2. The summed E-state index contributed by atoms with van der Waals surface area (Å²) >= 11 is 0.598. The van der Waals surface area contributed by atoms with E-state index >= 15 is 0 Å². The van der Waals surface area contributed by atoms with Crippen LogP contribution in [0.4, 0.5) is 18.3 Å². The molecule has 0 radical (unpaired) electrons. The van der Waals surface area contributed by atoms with E-state index < -0.39 is 24.1 Å². The van der Waals surface area contributed by atoms with Crippen molar-refractivity contribution in [3.8, 4) is 11.8 Å². The van der Waals surface area contributed by atoms with Gasteiger partial charge in [0.15, 0.2) is 22.7 Å². The van der Waals surface area contributed by atoms with Crippen LogP contribution in [0.5, 0.6) is 11.8 Å². The smallest absolute Gasteiger partial charge is 0.434 e. The molecule has 2 aromatic heterocycles. The molecular formula is C14H13F3N4O5S. The van der Waals surface area contributed by atoms with Gasteiger partial charge in [-0.1, -0.05) is 11.3 Å². The van der Waals surface area contributed by atoms with Crippen LogP contribution in [0, 0.1) is 0 Å². The second kappa shape index (κ2) is 7.62.